The first-order valence-electron chi connectivity index (χ1n) is 7.70. The minimum atomic E-state index is -0.204. The molecular weight excluding hydrogens is 222 g/mol. The topological polar surface area (TPSA) is 25.2 Å². The zero-order chi connectivity index (χ0) is 12.4. The molecule has 0 saturated heterocycles. The van der Waals surface area contributed by atoms with Crippen LogP contribution in [0.1, 0.15) is 68.7 Å². The third kappa shape index (κ3) is 2.49. The highest BCUT2D eigenvalue weighted by atomic mass is 16.3. The summed E-state index contributed by atoms with van der Waals surface area (Å²) in [5.41, 5.74) is 2.60. The van der Waals surface area contributed by atoms with Gasteiger partial charge in [-0.2, -0.15) is 0 Å². The van der Waals surface area contributed by atoms with E-state index in [1.165, 1.54) is 49.8 Å². The lowest BCUT2D eigenvalue weighted by Crippen LogP contribution is -2.12. The van der Waals surface area contributed by atoms with Crippen LogP contribution in [0.4, 0.5) is 0 Å². The average Bonchev–Trinajstić information content (AvgIpc) is 3.00. The molecule has 1 fully saturated rings. The fraction of sp³-hybridized carbons (Fsp3) is 0.750. The first-order chi connectivity index (χ1) is 8.84. The Labute approximate surface area is 110 Å². The standard InChI is InChI=1S/C16H25NO/c18-16-9-3-8-15-14(16)10-12-17(15)11-4-7-13-5-1-2-6-13/h10,12-13,16,18H,1-9,11H2. The molecule has 1 N–H and O–H groups in total. The van der Waals surface area contributed by atoms with Gasteiger partial charge in [-0.3, -0.25) is 0 Å². The molecular formula is C16H25NO. The van der Waals surface area contributed by atoms with E-state index < -0.39 is 0 Å². The summed E-state index contributed by atoms with van der Waals surface area (Å²) in [5.74, 6) is 1.00. The molecule has 0 spiro atoms. The Bertz CT molecular complexity index is 390. The van der Waals surface area contributed by atoms with Gasteiger partial charge in [0.1, 0.15) is 0 Å². The Morgan fingerprint density at radius 1 is 1.17 bits per heavy atom. The van der Waals surface area contributed by atoms with Crippen molar-refractivity contribution in [1.29, 1.82) is 0 Å². The highest BCUT2D eigenvalue weighted by Crippen LogP contribution is 2.31. The van der Waals surface area contributed by atoms with E-state index in [2.05, 4.69) is 16.8 Å². The zero-order valence-corrected chi connectivity index (χ0v) is 11.3. The smallest absolute Gasteiger partial charge is 0.0807 e. The van der Waals surface area contributed by atoms with Crippen molar-refractivity contribution in [3.63, 3.8) is 0 Å². The molecule has 0 bridgehead atoms. The van der Waals surface area contributed by atoms with Crippen molar-refractivity contribution in [2.75, 3.05) is 0 Å². The van der Waals surface area contributed by atoms with Gasteiger partial charge in [-0.15, -0.1) is 0 Å². The van der Waals surface area contributed by atoms with Crippen molar-refractivity contribution in [3.8, 4) is 0 Å². The maximum absolute atomic E-state index is 9.96. The quantitative estimate of drug-likeness (QED) is 0.859. The van der Waals surface area contributed by atoms with Crippen molar-refractivity contribution >= 4 is 0 Å². The maximum Gasteiger partial charge on any atom is 0.0807 e. The molecule has 0 radical (unpaired) electrons. The lowest BCUT2D eigenvalue weighted by Gasteiger charge is -2.20. The SMILES string of the molecule is OC1CCCc2c1ccn2CCCC1CCCC1. The third-order valence-corrected chi connectivity index (χ3v) is 4.85. The number of aliphatic hydroxyl groups is 1. The second-order valence-electron chi connectivity index (χ2n) is 6.11. The zero-order valence-electron chi connectivity index (χ0n) is 11.3. The highest BCUT2D eigenvalue weighted by molar-refractivity contribution is 5.27. The Morgan fingerprint density at radius 2 is 2.00 bits per heavy atom. The number of hydrogen-bond donors (Lipinski definition) is 1. The van der Waals surface area contributed by atoms with Gasteiger partial charge in [-0.25, -0.2) is 0 Å². The van der Waals surface area contributed by atoms with Gasteiger partial charge in [-0.1, -0.05) is 25.7 Å². The van der Waals surface area contributed by atoms with Crippen LogP contribution < -0.4 is 0 Å². The predicted octanol–water partition coefficient (Wildman–Crippen LogP) is 3.83. The van der Waals surface area contributed by atoms with Gasteiger partial charge in [0.25, 0.3) is 0 Å². The molecule has 1 unspecified atom stereocenters. The summed E-state index contributed by atoms with van der Waals surface area (Å²) in [6, 6.07) is 2.13. The molecule has 1 saturated carbocycles. The molecule has 1 aromatic rings. The van der Waals surface area contributed by atoms with E-state index in [1.807, 2.05) is 0 Å². The first-order valence-corrected chi connectivity index (χ1v) is 7.70. The van der Waals surface area contributed by atoms with E-state index in [4.69, 9.17) is 0 Å². The molecule has 1 heterocycles. The van der Waals surface area contributed by atoms with Crippen molar-refractivity contribution in [2.45, 2.75) is 70.4 Å². The normalized spacial score (nSPS) is 24.4. The Kier molecular flexibility index (Phi) is 3.74. The minimum absolute atomic E-state index is 0.204. The van der Waals surface area contributed by atoms with Crippen LogP contribution in [0.15, 0.2) is 12.3 Å². The number of aromatic nitrogens is 1. The van der Waals surface area contributed by atoms with Gasteiger partial charge in [0.05, 0.1) is 6.10 Å². The van der Waals surface area contributed by atoms with Crippen LogP contribution >= 0.6 is 0 Å². The van der Waals surface area contributed by atoms with Crippen molar-refractivity contribution in [2.24, 2.45) is 5.92 Å². The van der Waals surface area contributed by atoms with E-state index in [1.54, 1.807) is 0 Å². The highest BCUT2D eigenvalue weighted by Gasteiger charge is 2.21. The van der Waals surface area contributed by atoms with E-state index in [0.29, 0.717) is 0 Å². The molecule has 2 nitrogen and oxygen atoms in total. The van der Waals surface area contributed by atoms with Gasteiger partial charge in [0.2, 0.25) is 0 Å². The Balaban J connectivity index is 1.56. The minimum Gasteiger partial charge on any atom is -0.388 e. The number of nitrogens with zero attached hydrogens (tertiary/aromatic N) is 1. The van der Waals surface area contributed by atoms with E-state index in [0.717, 1.165) is 31.7 Å². The largest absolute Gasteiger partial charge is 0.388 e. The number of aryl methyl sites for hydroxylation is 1. The second-order valence-corrected chi connectivity index (χ2v) is 6.11. The summed E-state index contributed by atoms with van der Waals surface area (Å²) >= 11 is 0. The molecule has 2 aliphatic rings. The van der Waals surface area contributed by atoms with Crippen LogP contribution in [0, 0.1) is 5.92 Å². The maximum atomic E-state index is 9.96. The van der Waals surface area contributed by atoms with Crippen LogP contribution in [0.2, 0.25) is 0 Å². The van der Waals surface area contributed by atoms with E-state index in [9.17, 15) is 5.11 Å². The summed E-state index contributed by atoms with van der Waals surface area (Å²) in [5, 5.41) is 9.96. The predicted molar refractivity (Wildman–Crippen MR) is 73.5 cm³/mol. The monoisotopic (exact) mass is 247 g/mol. The molecule has 18 heavy (non-hydrogen) atoms. The molecule has 0 aromatic carbocycles. The molecule has 1 aromatic heterocycles. The van der Waals surface area contributed by atoms with Crippen molar-refractivity contribution in [3.05, 3.63) is 23.5 Å². The van der Waals surface area contributed by atoms with Crippen LogP contribution in [-0.2, 0) is 13.0 Å². The molecule has 3 rings (SSSR count). The van der Waals surface area contributed by atoms with Crippen LogP contribution in [-0.4, -0.2) is 9.67 Å². The summed E-state index contributed by atoms with van der Waals surface area (Å²) in [6.07, 6.45) is 13.8. The summed E-state index contributed by atoms with van der Waals surface area (Å²) in [6.45, 7) is 1.15. The second kappa shape index (κ2) is 5.48. The molecule has 0 aliphatic heterocycles. The van der Waals surface area contributed by atoms with Crippen molar-refractivity contribution in [1.82, 2.24) is 4.57 Å². The van der Waals surface area contributed by atoms with E-state index >= 15 is 0 Å². The van der Waals surface area contributed by atoms with Gasteiger partial charge in [-0.05, 0) is 44.1 Å². The summed E-state index contributed by atoms with van der Waals surface area (Å²) in [4.78, 5) is 0. The average molecular weight is 247 g/mol. The molecule has 1 atom stereocenters. The fourth-order valence-electron chi connectivity index (χ4n) is 3.79. The fourth-order valence-corrected chi connectivity index (χ4v) is 3.79. The lowest BCUT2D eigenvalue weighted by molar-refractivity contribution is 0.155. The summed E-state index contributed by atoms with van der Waals surface area (Å²) < 4.78 is 2.40. The first kappa shape index (κ1) is 12.3. The van der Waals surface area contributed by atoms with Crippen LogP contribution in [0.5, 0.6) is 0 Å². The van der Waals surface area contributed by atoms with E-state index in [-0.39, 0.29) is 6.10 Å². The number of fused-ring (bicyclic) bond motifs is 1. The van der Waals surface area contributed by atoms with Crippen LogP contribution in [0.3, 0.4) is 0 Å². The number of aliphatic hydroxyl groups excluding tert-OH is 1. The van der Waals surface area contributed by atoms with Crippen molar-refractivity contribution < 1.29 is 5.11 Å². The molecule has 2 aliphatic carbocycles. The number of rotatable bonds is 4. The number of hydrogen-bond acceptors (Lipinski definition) is 1. The van der Waals surface area contributed by atoms with Gasteiger partial charge >= 0.3 is 0 Å². The van der Waals surface area contributed by atoms with Crippen LogP contribution in [0.25, 0.3) is 0 Å². The lowest BCUT2D eigenvalue weighted by atomic mass is 9.95. The molecule has 0 amide bonds. The van der Waals surface area contributed by atoms with Gasteiger partial charge in [0, 0.05) is 24.0 Å². The molecule has 2 heteroatoms. The Morgan fingerprint density at radius 3 is 2.83 bits per heavy atom. The van der Waals surface area contributed by atoms with Gasteiger partial charge in [0.15, 0.2) is 0 Å². The van der Waals surface area contributed by atoms with Gasteiger partial charge < -0.3 is 9.67 Å². The summed E-state index contributed by atoms with van der Waals surface area (Å²) in [7, 11) is 0. The Hall–Kier alpha value is -0.760. The molecule has 100 valence electrons. The third-order valence-electron chi connectivity index (χ3n) is 4.85.